The van der Waals surface area contributed by atoms with E-state index in [1.165, 1.54) is 0 Å². The van der Waals surface area contributed by atoms with Gasteiger partial charge in [-0.3, -0.25) is 10.1 Å². The van der Waals surface area contributed by atoms with Crippen LogP contribution >= 0.6 is 11.6 Å². The molecule has 0 spiro atoms. The lowest BCUT2D eigenvalue weighted by molar-refractivity contribution is 1.03. The molecule has 0 fully saturated rings. The fourth-order valence-corrected chi connectivity index (χ4v) is 2.85. The number of hydrogen-bond acceptors (Lipinski definition) is 4. The molecule has 0 amide bonds. The highest BCUT2D eigenvalue weighted by Gasteiger charge is 2.11. The molecular weight excluding hydrogens is 346 g/mol. The molecule has 0 saturated carbocycles. The Hall–Kier alpha value is -3.18. The molecule has 128 valence electrons. The van der Waals surface area contributed by atoms with E-state index in [9.17, 15) is 0 Å². The summed E-state index contributed by atoms with van der Waals surface area (Å²) in [6, 6.07) is 17.5. The summed E-state index contributed by atoms with van der Waals surface area (Å²) in [5.74, 6) is 0.788. The van der Waals surface area contributed by atoms with Gasteiger partial charge in [-0.2, -0.15) is 5.10 Å². The van der Waals surface area contributed by atoms with E-state index in [0.717, 1.165) is 33.9 Å². The van der Waals surface area contributed by atoms with Crippen molar-refractivity contribution in [2.75, 3.05) is 5.32 Å². The highest BCUT2D eigenvalue weighted by Crippen LogP contribution is 2.31. The zero-order chi connectivity index (χ0) is 17.8. The van der Waals surface area contributed by atoms with Crippen LogP contribution in [0.4, 0.5) is 5.82 Å². The number of halogens is 1. The molecule has 1 aromatic carbocycles. The molecule has 0 aliphatic heterocycles. The van der Waals surface area contributed by atoms with Crippen LogP contribution in [0.3, 0.4) is 0 Å². The number of rotatable bonds is 5. The third-order valence-electron chi connectivity index (χ3n) is 4.02. The Morgan fingerprint density at radius 3 is 2.62 bits per heavy atom. The highest BCUT2D eigenvalue weighted by molar-refractivity contribution is 6.30. The number of nitrogens with one attached hydrogen (secondary N) is 2. The van der Waals surface area contributed by atoms with Gasteiger partial charge in [0.15, 0.2) is 0 Å². The Morgan fingerprint density at radius 1 is 0.923 bits per heavy atom. The molecule has 0 unspecified atom stereocenters. The number of aromatic nitrogens is 4. The van der Waals surface area contributed by atoms with Gasteiger partial charge in [-0.15, -0.1) is 0 Å². The molecule has 26 heavy (non-hydrogen) atoms. The van der Waals surface area contributed by atoms with E-state index in [-0.39, 0.29) is 0 Å². The predicted molar refractivity (Wildman–Crippen MR) is 104 cm³/mol. The minimum atomic E-state index is 0.618. The minimum absolute atomic E-state index is 0.618. The maximum Gasteiger partial charge on any atom is 0.126 e. The van der Waals surface area contributed by atoms with Crippen LogP contribution in [-0.2, 0) is 6.54 Å². The van der Waals surface area contributed by atoms with Crippen molar-refractivity contribution in [3.8, 4) is 22.4 Å². The predicted octanol–water partition coefficient (Wildman–Crippen LogP) is 4.80. The first kappa shape index (κ1) is 16.3. The number of anilines is 1. The van der Waals surface area contributed by atoms with Crippen LogP contribution in [-0.4, -0.2) is 20.2 Å². The topological polar surface area (TPSA) is 66.5 Å². The van der Waals surface area contributed by atoms with Crippen molar-refractivity contribution < 1.29 is 0 Å². The first-order valence-electron chi connectivity index (χ1n) is 8.19. The number of benzene rings is 1. The Kier molecular flexibility index (Phi) is 4.62. The number of H-pyrrole nitrogens is 1. The Morgan fingerprint density at radius 2 is 1.81 bits per heavy atom. The highest BCUT2D eigenvalue weighted by atomic mass is 35.5. The maximum absolute atomic E-state index is 5.99. The summed E-state index contributed by atoms with van der Waals surface area (Å²) in [5, 5.41) is 11.3. The van der Waals surface area contributed by atoms with E-state index in [1.807, 2.05) is 60.8 Å². The van der Waals surface area contributed by atoms with Gasteiger partial charge >= 0.3 is 0 Å². The van der Waals surface area contributed by atoms with Gasteiger partial charge in [-0.1, -0.05) is 29.8 Å². The molecule has 0 atom stereocenters. The van der Waals surface area contributed by atoms with Gasteiger partial charge < -0.3 is 5.32 Å². The van der Waals surface area contributed by atoms with E-state index >= 15 is 0 Å². The largest absolute Gasteiger partial charge is 0.364 e. The van der Waals surface area contributed by atoms with Gasteiger partial charge in [0.2, 0.25) is 0 Å². The van der Waals surface area contributed by atoms with Crippen molar-refractivity contribution in [1.82, 2.24) is 20.2 Å². The second-order valence-corrected chi connectivity index (χ2v) is 6.21. The van der Waals surface area contributed by atoms with Crippen LogP contribution in [0, 0.1) is 0 Å². The lowest BCUT2D eigenvalue weighted by atomic mass is 10.0. The Bertz CT molecular complexity index is 996. The van der Waals surface area contributed by atoms with Crippen LogP contribution < -0.4 is 5.32 Å². The molecule has 0 bridgehead atoms. The second-order valence-electron chi connectivity index (χ2n) is 5.77. The Labute approximate surface area is 156 Å². The third-order valence-corrected chi connectivity index (χ3v) is 4.27. The van der Waals surface area contributed by atoms with Crippen LogP contribution in [0.2, 0.25) is 5.02 Å². The molecule has 0 radical (unpaired) electrons. The molecule has 5 nitrogen and oxygen atoms in total. The molecule has 0 saturated heterocycles. The van der Waals surface area contributed by atoms with Crippen molar-refractivity contribution in [1.29, 1.82) is 0 Å². The number of pyridine rings is 2. The monoisotopic (exact) mass is 361 g/mol. The van der Waals surface area contributed by atoms with Gasteiger partial charge in [0, 0.05) is 28.5 Å². The van der Waals surface area contributed by atoms with Crippen molar-refractivity contribution in [3.63, 3.8) is 0 Å². The average molecular weight is 362 g/mol. The SMILES string of the molecule is Clc1ccc(-c2[nH]ncc2-c2ccnc(NCc3ccccn3)c2)cc1. The minimum Gasteiger partial charge on any atom is -0.364 e. The van der Waals surface area contributed by atoms with Gasteiger partial charge in [-0.05, 0) is 42.0 Å². The van der Waals surface area contributed by atoms with Crippen LogP contribution in [0.25, 0.3) is 22.4 Å². The van der Waals surface area contributed by atoms with Gasteiger partial charge in [0.05, 0.1) is 24.1 Å². The van der Waals surface area contributed by atoms with Crippen LogP contribution in [0.1, 0.15) is 5.69 Å². The summed E-state index contributed by atoms with van der Waals surface area (Å²) in [5.41, 5.74) is 4.98. The summed E-state index contributed by atoms with van der Waals surface area (Å²) in [4.78, 5) is 8.70. The lowest BCUT2D eigenvalue weighted by Crippen LogP contribution is -2.02. The summed E-state index contributed by atoms with van der Waals surface area (Å²) >= 11 is 5.99. The molecular formula is C20H16ClN5. The van der Waals surface area contributed by atoms with Crippen LogP contribution in [0.5, 0.6) is 0 Å². The van der Waals surface area contributed by atoms with Crippen molar-refractivity contribution in [2.24, 2.45) is 0 Å². The molecule has 0 aliphatic rings. The smallest absolute Gasteiger partial charge is 0.126 e. The summed E-state index contributed by atoms with van der Waals surface area (Å²) in [7, 11) is 0. The molecule has 3 heterocycles. The van der Waals surface area contributed by atoms with Crippen molar-refractivity contribution in [2.45, 2.75) is 6.54 Å². The van der Waals surface area contributed by atoms with Gasteiger partial charge in [0.1, 0.15) is 5.82 Å². The summed E-state index contributed by atoms with van der Waals surface area (Å²) in [6.07, 6.45) is 5.39. The maximum atomic E-state index is 5.99. The summed E-state index contributed by atoms with van der Waals surface area (Å²) in [6.45, 7) is 0.618. The lowest BCUT2D eigenvalue weighted by Gasteiger charge is -2.08. The molecule has 2 N–H and O–H groups in total. The zero-order valence-corrected chi connectivity index (χ0v) is 14.6. The molecule has 0 aliphatic carbocycles. The molecule has 6 heteroatoms. The van der Waals surface area contributed by atoms with Gasteiger partial charge in [-0.25, -0.2) is 4.98 Å². The van der Waals surface area contributed by atoms with Gasteiger partial charge in [0.25, 0.3) is 0 Å². The fraction of sp³-hybridized carbons (Fsp3) is 0.0500. The zero-order valence-electron chi connectivity index (χ0n) is 13.9. The van der Waals surface area contributed by atoms with E-state index in [0.29, 0.717) is 11.6 Å². The first-order chi connectivity index (χ1) is 12.8. The van der Waals surface area contributed by atoms with Crippen LogP contribution in [0.15, 0.2) is 73.2 Å². The standard InChI is InChI=1S/C20H16ClN5/c21-16-6-4-14(5-7-16)20-18(13-25-26-20)15-8-10-23-19(11-15)24-12-17-3-1-2-9-22-17/h1-11,13H,12H2,(H,23,24)(H,25,26). The molecule has 4 aromatic rings. The van der Waals surface area contributed by atoms with E-state index in [4.69, 9.17) is 11.6 Å². The third kappa shape index (κ3) is 3.58. The number of nitrogens with zero attached hydrogens (tertiary/aromatic N) is 3. The quantitative estimate of drug-likeness (QED) is 0.536. The first-order valence-corrected chi connectivity index (χ1v) is 8.57. The number of hydrogen-bond donors (Lipinski definition) is 2. The Balaban J connectivity index is 1.59. The van der Waals surface area contributed by atoms with Crippen molar-refractivity contribution >= 4 is 17.4 Å². The molecule has 4 rings (SSSR count). The average Bonchev–Trinajstić information content (AvgIpc) is 3.18. The summed E-state index contributed by atoms with van der Waals surface area (Å²) < 4.78 is 0. The van der Waals surface area contributed by atoms with E-state index < -0.39 is 0 Å². The number of aromatic amines is 1. The van der Waals surface area contributed by atoms with E-state index in [2.05, 4.69) is 25.5 Å². The molecule has 3 aromatic heterocycles. The fourth-order valence-electron chi connectivity index (χ4n) is 2.72. The van der Waals surface area contributed by atoms with E-state index in [1.54, 1.807) is 12.4 Å². The second kappa shape index (κ2) is 7.37. The normalized spacial score (nSPS) is 10.7. The van der Waals surface area contributed by atoms with Crippen molar-refractivity contribution in [3.05, 3.63) is 83.9 Å².